The van der Waals surface area contributed by atoms with Gasteiger partial charge >= 0.3 is 0 Å². The van der Waals surface area contributed by atoms with Gasteiger partial charge in [0.2, 0.25) is 17.7 Å². The normalized spacial score (nSPS) is 18.7. The highest BCUT2D eigenvalue weighted by Gasteiger charge is 2.27. The number of rotatable bonds is 9. The molecule has 2 saturated heterocycles. The minimum absolute atomic E-state index is 0.117. The summed E-state index contributed by atoms with van der Waals surface area (Å²) >= 11 is 3.66. The van der Waals surface area contributed by atoms with Gasteiger partial charge in [-0.1, -0.05) is 22.0 Å². The summed E-state index contributed by atoms with van der Waals surface area (Å²) in [7, 11) is 0. The van der Waals surface area contributed by atoms with Crippen LogP contribution in [0.3, 0.4) is 0 Å². The van der Waals surface area contributed by atoms with E-state index in [9.17, 15) is 18.8 Å². The zero-order valence-corrected chi connectivity index (χ0v) is 21.5. The van der Waals surface area contributed by atoms with Crippen molar-refractivity contribution in [3.8, 4) is 5.75 Å². The first kappa shape index (κ1) is 26.1. The van der Waals surface area contributed by atoms with Crippen molar-refractivity contribution in [1.29, 1.82) is 0 Å². The van der Waals surface area contributed by atoms with Crippen LogP contribution in [0.15, 0.2) is 40.9 Å². The lowest BCUT2D eigenvalue weighted by Gasteiger charge is -2.35. The summed E-state index contributed by atoms with van der Waals surface area (Å²) in [5.74, 6) is -1.17. The highest BCUT2D eigenvalue weighted by Crippen LogP contribution is 2.32. The monoisotopic (exact) mass is 560 g/mol. The molecule has 1 unspecified atom stereocenters. The molecule has 0 saturated carbocycles. The predicted octanol–water partition coefficient (Wildman–Crippen LogP) is 3.27. The number of piperidine rings is 2. The van der Waals surface area contributed by atoms with E-state index >= 15 is 0 Å². The van der Waals surface area contributed by atoms with Crippen LogP contribution in [0.25, 0.3) is 0 Å². The molecule has 10 heteroatoms. The Morgan fingerprint density at radius 3 is 2.67 bits per heavy atom. The Morgan fingerprint density at radius 2 is 1.97 bits per heavy atom. The molecule has 4 rings (SSSR count). The van der Waals surface area contributed by atoms with Crippen LogP contribution in [0.1, 0.15) is 48.0 Å². The number of carbonyl (C=O) groups excluding carboxylic acids is 3. The Balaban J connectivity index is 1.28. The molecule has 2 aliphatic rings. The Bertz CT molecular complexity index is 1140. The van der Waals surface area contributed by atoms with Crippen molar-refractivity contribution in [2.75, 3.05) is 24.6 Å². The molecule has 4 N–H and O–H groups in total. The van der Waals surface area contributed by atoms with Gasteiger partial charge in [0.15, 0.2) is 11.6 Å². The number of nitrogens with one attached hydrogen (secondary N) is 2. The molecule has 2 aromatic carbocycles. The Hall–Kier alpha value is -2.98. The highest BCUT2D eigenvalue weighted by atomic mass is 79.9. The molecule has 3 amide bonds. The van der Waals surface area contributed by atoms with E-state index in [4.69, 9.17) is 10.5 Å². The van der Waals surface area contributed by atoms with E-state index in [1.54, 1.807) is 0 Å². The molecular weight excluding hydrogens is 531 g/mol. The van der Waals surface area contributed by atoms with Gasteiger partial charge in [-0.05, 0) is 61.9 Å². The topological polar surface area (TPSA) is 114 Å². The summed E-state index contributed by atoms with van der Waals surface area (Å²) in [4.78, 5) is 37.0. The molecule has 2 aromatic rings. The van der Waals surface area contributed by atoms with Gasteiger partial charge in [0.25, 0.3) is 0 Å². The summed E-state index contributed by atoms with van der Waals surface area (Å²) in [6, 6.07) is 9.70. The first-order valence-corrected chi connectivity index (χ1v) is 12.9. The SMILES string of the molecule is NC(=O)c1ccc(OCCC2CCN(c3cccc(Br)c3CNC3CCC(=O)NC3=O)CC2)c(F)c1. The lowest BCUT2D eigenvalue weighted by Crippen LogP contribution is -2.50. The molecule has 36 heavy (non-hydrogen) atoms. The zero-order valence-electron chi connectivity index (χ0n) is 19.9. The number of anilines is 1. The second-order valence-electron chi connectivity index (χ2n) is 9.20. The van der Waals surface area contributed by atoms with E-state index < -0.39 is 11.7 Å². The molecule has 8 nitrogen and oxygen atoms in total. The van der Waals surface area contributed by atoms with E-state index in [0.29, 0.717) is 31.9 Å². The molecule has 1 atom stereocenters. The molecule has 0 radical (unpaired) electrons. The Morgan fingerprint density at radius 1 is 1.19 bits per heavy atom. The molecule has 2 heterocycles. The van der Waals surface area contributed by atoms with E-state index in [1.165, 1.54) is 12.1 Å². The predicted molar refractivity (Wildman–Crippen MR) is 137 cm³/mol. The van der Waals surface area contributed by atoms with E-state index in [0.717, 1.165) is 54.1 Å². The number of halogens is 2. The van der Waals surface area contributed by atoms with E-state index in [1.807, 2.05) is 12.1 Å². The third-order valence-corrected chi connectivity index (χ3v) is 7.56. The molecule has 0 bridgehead atoms. The molecule has 0 spiro atoms. The fourth-order valence-corrected chi connectivity index (χ4v) is 5.20. The summed E-state index contributed by atoms with van der Waals surface area (Å²) < 4.78 is 20.7. The number of nitrogens with zero attached hydrogens (tertiary/aromatic N) is 1. The average molecular weight is 561 g/mol. The number of primary amides is 1. The zero-order chi connectivity index (χ0) is 25.7. The third kappa shape index (κ3) is 6.41. The van der Waals surface area contributed by atoms with Gasteiger partial charge in [0.1, 0.15) is 0 Å². The number of imide groups is 1. The van der Waals surface area contributed by atoms with Gasteiger partial charge in [0, 0.05) is 47.3 Å². The third-order valence-electron chi connectivity index (χ3n) is 6.81. The van der Waals surface area contributed by atoms with Crippen molar-refractivity contribution in [2.45, 2.75) is 44.7 Å². The Kier molecular flexibility index (Phi) is 8.58. The molecule has 2 aliphatic heterocycles. The van der Waals surface area contributed by atoms with Crippen LogP contribution in [0, 0.1) is 11.7 Å². The minimum atomic E-state index is -0.674. The summed E-state index contributed by atoms with van der Waals surface area (Å²) in [6.07, 6.45) is 3.62. The van der Waals surface area contributed by atoms with E-state index in [-0.39, 0.29) is 29.2 Å². The highest BCUT2D eigenvalue weighted by molar-refractivity contribution is 9.10. The molecule has 0 aliphatic carbocycles. The minimum Gasteiger partial charge on any atom is -0.491 e. The van der Waals surface area contributed by atoms with Crippen molar-refractivity contribution in [1.82, 2.24) is 10.6 Å². The molecular formula is C26H30BrFN4O4. The first-order valence-electron chi connectivity index (χ1n) is 12.1. The number of nitrogens with two attached hydrogens (primary N) is 1. The maximum absolute atomic E-state index is 14.1. The van der Waals surface area contributed by atoms with Crippen LogP contribution >= 0.6 is 15.9 Å². The quantitative estimate of drug-likeness (QED) is 0.405. The van der Waals surface area contributed by atoms with Crippen LogP contribution in [-0.2, 0) is 16.1 Å². The van der Waals surface area contributed by atoms with Crippen molar-refractivity contribution in [2.24, 2.45) is 11.7 Å². The van der Waals surface area contributed by atoms with Gasteiger partial charge < -0.3 is 20.7 Å². The summed E-state index contributed by atoms with van der Waals surface area (Å²) in [6.45, 7) is 2.68. The fraction of sp³-hybridized carbons (Fsp3) is 0.423. The second-order valence-corrected chi connectivity index (χ2v) is 10.1. The number of hydrogen-bond donors (Lipinski definition) is 3. The van der Waals surface area contributed by atoms with Gasteiger partial charge in [-0.3, -0.25) is 19.7 Å². The smallest absolute Gasteiger partial charge is 0.248 e. The first-order chi connectivity index (χ1) is 17.3. The van der Waals surface area contributed by atoms with Crippen molar-refractivity contribution >= 4 is 39.3 Å². The molecule has 2 fully saturated rings. The number of hydrogen-bond acceptors (Lipinski definition) is 6. The van der Waals surface area contributed by atoms with Crippen LogP contribution < -0.4 is 26.0 Å². The molecule has 0 aromatic heterocycles. The fourth-order valence-electron chi connectivity index (χ4n) is 4.70. The van der Waals surface area contributed by atoms with Gasteiger partial charge in [-0.25, -0.2) is 4.39 Å². The largest absolute Gasteiger partial charge is 0.491 e. The lowest BCUT2D eigenvalue weighted by molar-refractivity contribution is -0.134. The van der Waals surface area contributed by atoms with Crippen molar-refractivity contribution in [3.05, 3.63) is 57.8 Å². The van der Waals surface area contributed by atoms with Gasteiger partial charge in [-0.15, -0.1) is 0 Å². The average Bonchev–Trinajstić information content (AvgIpc) is 2.85. The van der Waals surface area contributed by atoms with Gasteiger partial charge in [0.05, 0.1) is 12.6 Å². The number of benzene rings is 2. The van der Waals surface area contributed by atoms with Crippen molar-refractivity contribution < 1.29 is 23.5 Å². The van der Waals surface area contributed by atoms with Crippen LogP contribution in [0.5, 0.6) is 5.75 Å². The van der Waals surface area contributed by atoms with Crippen LogP contribution in [0.4, 0.5) is 10.1 Å². The summed E-state index contributed by atoms with van der Waals surface area (Å²) in [5.41, 5.74) is 7.50. The van der Waals surface area contributed by atoms with Gasteiger partial charge in [-0.2, -0.15) is 0 Å². The van der Waals surface area contributed by atoms with E-state index in [2.05, 4.69) is 37.5 Å². The second kappa shape index (κ2) is 11.8. The van der Waals surface area contributed by atoms with Crippen LogP contribution in [0.2, 0.25) is 0 Å². The van der Waals surface area contributed by atoms with Crippen LogP contribution in [-0.4, -0.2) is 43.5 Å². The number of carbonyl (C=O) groups is 3. The standard InChI is InChI=1S/C26H30BrFN4O4/c27-19-2-1-3-22(18(19)15-30-21-5-7-24(33)31-26(21)35)32-11-8-16(9-12-32)10-13-36-23-6-4-17(25(29)34)14-20(23)28/h1-4,6,14,16,21,30H,5,7-13,15H2,(H2,29,34)(H,31,33,35). The number of ether oxygens (including phenoxy) is 1. The summed E-state index contributed by atoms with van der Waals surface area (Å²) in [5, 5.41) is 5.69. The lowest BCUT2D eigenvalue weighted by atomic mass is 9.93. The van der Waals surface area contributed by atoms with Crippen molar-refractivity contribution in [3.63, 3.8) is 0 Å². The molecule has 192 valence electrons. The maximum atomic E-state index is 14.1. The maximum Gasteiger partial charge on any atom is 0.248 e. The Labute approximate surface area is 217 Å². The number of amides is 3.